The van der Waals surface area contributed by atoms with Crippen molar-refractivity contribution in [3.05, 3.63) is 45.7 Å². The molecule has 0 saturated carbocycles. The number of halogens is 1. The quantitative estimate of drug-likeness (QED) is 0.842. The zero-order chi connectivity index (χ0) is 19.4. The van der Waals surface area contributed by atoms with E-state index >= 15 is 0 Å². The lowest BCUT2D eigenvalue weighted by atomic mass is 10.1. The Balaban J connectivity index is 2.04. The van der Waals surface area contributed by atoms with Crippen molar-refractivity contribution < 1.29 is 9.59 Å². The molecule has 0 saturated heterocycles. The van der Waals surface area contributed by atoms with E-state index in [1.54, 1.807) is 21.7 Å². The van der Waals surface area contributed by atoms with Crippen LogP contribution in [0, 0.1) is 20.8 Å². The first kappa shape index (κ1) is 20.0. The summed E-state index contributed by atoms with van der Waals surface area (Å²) in [6.45, 7) is 8.04. The third-order valence-electron chi connectivity index (χ3n) is 4.53. The highest BCUT2D eigenvalue weighted by molar-refractivity contribution is 6.31. The highest BCUT2D eigenvalue weighted by Gasteiger charge is 2.20. The Labute approximate surface area is 159 Å². The van der Waals surface area contributed by atoms with E-state index in [-0.39, 0.29) is 24.8 Å². The van der Waals surface area contributed by atoms with Gasteiger partial charge in [-0.2, -0.15) is 5.10 Å². The Bertz CT molecular complexity index is 829. The highest BCUT2D eigenvalue weighted by atomic mass is 35.5. The van der Waals surface area contributed by atoms with Crippen LogP contribution in [0.15, 0.2) is 18.2 Å². The fourth-order valence-corrected chi connectivity index (χ4v) is 2.98. The fraction of sp³-hybridized carbons (Fsp3) is 0.421. The van der Waals surface area contributed by atoms with Crippen molar-refractivity contribution in [2.24, 2.45) is 7.05 Å². The van der Waals surface area contributed by atoms with Gasteiger partial charge in [-0.1, -0.05) is 17.7 Å². The van der Waals surface area contributed by atoms with E-state index in [0.29, 0.717) is 17.3 Å². The number of likely N-dealkylation sites (N-methyl/N-ethyl adjacent to an activating group) is 1. The number of aromatic nitrogens is 2. The first-order valence-electron chi connectivity index (χ1n) is 8.55. The van der Waals surface area contributed by atoms with Gasteiger partial charge in [0.25, 0.3) is 0 Å². The molecule has 1 aromatic carbocycles. The third-order valence-corrected chi connectivity index (χ3v) is 4.76. The van der Waals surface area contributed by atoms with Crippen molar-refractivity contribution in [2.45, 2.75) is 34.1 Å². The topological polar surface area (TPSA) is 67.2 Å². The van der Waals surface area contributed by atoms with Crippen LogP contribution < -0.4 is 5.32 Å². The molecular formula is C19H25ClN4O2. The molecule has 0 spiro atoms. The first-order chi connectivity index (χ1) is 12.2. The number of carbonyl (C=O) groups is 2. The summed E-state index contributed by atoms with van der Waals surface area (Å²) in [6.07, 6.45) is 0.239. The van der Waals surface area contributed by atoms with Gasteiger partial charge in [-0.25, -0.2) is 0 Å². The summed E-state index contributed by atoms with van der Waals surface area (Å²) in [5.74, 6) is -0.338. The first-order valence-corrected chi connectivity index (χ1v) is 8.93. The molecule has 2 aromatic rings. The normalized spacial score (nSPS) is 10.7. The molecule has 140 valence electrons. The molecule has 1 N–H and O–H groups in total. The maximum atomic E-state index is 12.7. The van der Waals surface area contributed by atoms with Gasteiger partial charge in [0.1, 0.15) is 0 Å². The minimum absolute atomic E-state index is 0.000353. The van der Waals surface area contributed by atoms with Crippen molar-refractivity contribution in [3.8, 4) is 0 Å². The average molecular weight is 377 g/mol. The zero-order valence-electron chi connectivity index (χ0n) is 15.9. The Morgan fingerprint density at radius 1 is 1.27 bits per heavy atom. The lowest BCUT2D eigenvalue weighted by molar-refractivity contribution is -0.133. The molecule has 2 amide bonds. The molecule has 0 aliphatic carbocycles. The maximum absolute atomic E-state index is 12.7. The number of amides is 2. The molecule has 1 heterocycles. The molecule has 0 atom stereocenters. The molecule has 26 heavy (non-hydrogen) atoms. The van der Waals surface area contributed by atoms with Crippen LogP contribution in [-0.4, -0.2) is 39.6 Å². The SMILES string of the molecule is CCN(CC(=O)Nc1cc(Cl)ccc1C)C(=O)Cc1c(C)nn(C)c1C. The molecule has 1 aromatic heterocycles. The van der Waals surface area contributed by atoms with Crippen LogP contribution in [0.4, 0.5) is 5.69 Å². The molecule has 7 heteroatoms. The van der Waals surface area contributed by atoms with Gasteiger partial charge in [0, 0.05) is 35.6 Å². The summed E-state index contributed by atoms with van der Waals surface area (Å²) < 4.78 is 1.77. The van der Waals surface area contributed by atoms with Crippen molar-refractivity contribution in [1.29, 1.82) is 0 Å². The summed E-state index contributed by atoms with van der Waals surface area (Å²) in [5, 5.41) is 7.72. The van der Waals surface area contributed by atoms with Gasteiger partial charge in [-0.05, 0) is 45.4 Å². The Kier molecular flexibility index (Phi) is 6.42. The number of rotatable bonds is 6. The monoisotopic (exact) mass is 376 g/mol. The Morgan fingerprint density at radius 2 is 1.96 bits per heavy atom. The smallest absolute Gasteiger partial charge is 0.244 e. The van der Waals surface area contributed by atoms with Gasteiger partial charge in [0.05, 0.1) is 18.7 Å². The predicted octanol–water partition coefficient (Wildman–Crippen LogP) is 3.03. The van der Waals surface area contributed by atoms with Gasteiger partial charge in [0.15, 0.2) is 0 Å². The number of aryl methyl sites for hydroxylation is 3. The number of hydrogen-bond acceptors (Lipinski definition) is 3. The number of benzene rings is 1. The second-order valence-electron chi connectivity index (χ2n) is 6.37. The largest absolute Gasteiger partial charge is 0.333 e. The Morgan fingerprint density at radius 3 is 2.54 bits per heavy atom. The van der Waals surface area contributed by atoms with Gasteiger partial charge < -0.3 is 10.2 Å². The van der Waals surface area contributed by atoms with Crippen LogP contribution in [0.1, 0.15) is 29.4 Å². The lowest BCUT2D eigenvalue weighted by Crippen LogP contribution is -2.38. The number of anilines is 1. The second kappa shape index (κ2) is 8.36. The molecule has 0 unspecified atom stereocenters. The molecule has 0 aliphatic heterocycles. The summed E-state index contributed by atoms with van der Waals surface area (Å²) in [4.78, 5) is 26.6. The van der Waals surface area contributed by atoms with Gasteiger partial charge in [-0.15, -0.1) is 0 Å². The zero-order valence-corrected chi connectivity index (χ0v) is 16.6. The third kappa shape index (κ3) is 4.64. The van der Waals surface area contributed by atoms with E-state index in [2.05, 4.69) is 10.4 Å². The van der Waals surface area contributed by atoms with E-state index in [1.807, 2.05) is 40.8 Å². The van der Waals surface area contributed by atoms with Crippen LogP contribution in [-0.2, 0) is 23.1 Å². The molecule has 2 rings (SSSR count). The minimum atomic E-state index is -0.245. The minimum Gasteiger partial charge on any atom is -0.333 e. The van der Waals surface area contributed by atoms with Crippen molar-refractivity contribution in [2.75, 3.05) is 18.4 Å². The van der Waals surface area contributed by atoms with E-state index < -0.39 is 0 Å². The van der Waals surface area contributed by atoms with Crippen LogP contribution in [0.2, 0.25) is 5.02 Å². The molecule has 0 aliphatic rings. The van der Waals surface area contributed by atoms with Gasteiger partial charge >= 0.3 is 0 Å². The van der Waals surface area contributed by atoms with Crippen LogP contribution >= 0.6 is 11.6 Å². The van der Waals surface area contributed by atoms with Gasteiger partial charge in [-0.3, -0.25) is 14.3 Å². The summed E-state index contributed by atoms with van der Waals surface area (Å²) >= 11 is 5.98. The van der Waals surface area contributed by atoms with Crippen LogP contribution in [0.3, 0.4) is 0 Å². The second-order valence-corrected chi connectivity index (χ2v) is 6.80. The van der Waals surface area contributed by atoms with Crippen molar-refractivity contribution in [3.63, 3.8) is 0 Å². The Hall–Kier alpha value is -2.34. The van der Waals surface area contributed by atoms with Crippen LogP contribution in [0.25, 0.3) is 0 Å². The van der Waals surface area contributed by atoms with E-state index in [9.17, 15) is 9.59 Å². The predicted molar refractivity (Wildman–Crippen MR) is 103 cm³/mol. The van der Waals surface area contributed by atoms with Crippen molar-refractivity contribution in [1.82, 2.24) is 14.7 Å². The highest BCUT2D eigenvalue weighted by Crippen LogP contribution is 2.20. The number of nitrogens with zero attached hydrogens (tertiary/aromatic N) is 3. The maximum Gasteiger partial charge on any atom is 0.244 e. The van der Waals surface area contributed by atoms with E-state index in [4.69, 9.17) is 11.6 Å². The van der Waals surface area contributed by atoms with E-state index in [1.165, 1.54) is 0 Å². The number of nitrogens with one attached hydrogen (secondary N) is 1. The van der Waals surface area contributed by atoms with Crippen molar-refractivity contribution >= 4 is 29.1 Å². The summed E-state index contributed by atoms with van der Waals surface area (Å²) in [6, 6.07) is 5.32. The lowest BCUT2D eigenvalue weighted by Gasteiger charge is -2.21. The summed E-state index contributed by atoms with van der Waals surface area (Å²) in [5.41, 5.74) is 4.30. The van der Waals surface area contributed by atoms with E-state index in [0.717, 1.165) is 22.5 Å². The van der Waals surface area contributed by atoms with Crippen LogP contribution in [0.5, 0.6) is 0 Å². The molecule has 0 radical (unpaired) electrons. The van der Waals surface area contributed by atoms with Gasteiger partial charge in [0.2, 0.25) is 11.8 Å². The fourth-order valence-electron chi connectivity index (χ4n) is 2.80. The molecule has 0 bridgehead atoms. The number of carbonyl (C=O) groups excluding carboxylic acids is 2. The molecule has 0 fully saturated rings. The number of hydrogen-bond donors (Lipinski definition) is 1. The molecule has 6 nitrogen and oxygen atoms in total. The standard InChI is InChI=1S/C19H25ClN4O2/c1-6-24(19(26)10-16-13(3)22-23(5)14(16)4)11-18(25)21-17-9-15(20)8-7-12(17)2/h7-9H,6,10-11H2,1-5H3,(H,21,25). The molecular weight excluding hydrogens is 352 g/mol. The summed E-state index contributed by atoms with van der Waals surface area (Å²) in [7, 11) is 1.86. The average Bonchev–Trinajstić information content (AvgIpc) is 2.82.